The van der Waals surface area contributed by atoms with Crippen LogP contribution in [-0.4, -0.2) is 58.5 Å². The standard InChI is InChI=1S/C20H24N4O3/c25-19(5-13-8-22-17-9-21-4-3-15(13)17)23-7-12-10-24(11-12)20(26)16-6-14-1-2-18(16)27-14/h3-4,8-9,12,14,16,18,22H,1-2,5-7,10-11H2,(H,23,25)/t14-,16-,18+/m1/s1. The molecule has 5 rings (SSSR count). The van der Waals surface area contributed by atoms with Crippen molar-refractivity contribution in [2.24, 2.45) is 11.8 Å². The fourth-order valence-electron chi connectivity index (χ4n) is 4.68. The Bertz CT molecular complexity index is 873. The third-order valence-corrected chi connectivity index (χ3v) is 6.20. The minimum absolute atomic E-state index is 0.0130. The Kier molecular flexibility index (Phi) is 4.11. The third-order valence-electron chi connectivity index (χ3n) is 6.20. The van der Waals surface area contributed by atoms with Crippen LogP contribution >= 0.6 is 0 Å². The molecule has 2 aromatic heterocycles. The minimum Gasteiger partial charge on any atom is -0.374 e. The summed E-state index contributed by atoms with van der Waals surface area (Å²) < 4.78 is 5.80. The average Bonchev–Trinajstić information content (AvgIpc) is 3.36. The van der Waals surface area contributed by atoms with E-state index in [2.05, 4.69) is 15.3 Å². The van der Waals surface area contributed by atoms with E-state index in [1.165, 1.54) is 0 Å². The second kappa shape index (κ2) is 6.64. The van der Waals surface area contributed by atoms with Crippen LogP contribution in [0, 0.1) is 11.8 Å². The van der Waals surface area contributed by atoms with Gasteiger partial charge in [-0.15, -0.1) is 0 Å². The van der Waals surface area contributed by atoms with Crippen LogP contribution in [0.1, 0.15) is 24.8 Å². The Morgan fingerprint density at radius 3 is 3.00 bits per heavy atom. The summed E-state index contributed by atoms with van der Waals surface area (Å²) in [5.74, 6) is 0.677. The maximum Gasteiger partial charge on any atom is 0.228 e. The zero-order valence-electron chi connectivity index (χ0n) is 15.2. The zero-order chi connectivity index (χ0) is 18.4. The van der Waals surface area contributed by atoms with Crippen LogP contribution < -0.4 is 5.32 Å². The van der Waals surface area contributed by atoms with Gasteiger partial charge in [-0.1, -0.05) is 0 Å². The molecule has 0 radical (unpaired) electrons. The molecule has 142 valence electrons. The van der Waals surface area contributed by atoms with Gasteiger partial charge in [-0.25, -0.2) is 0 Å². The second-order valence-corrected chi connectivity index (χ2v) is 8.04. The Labute approximate surface area is 157 Å². The number of carbonyl (C=O) groups excluding carboxylic acids is 2. The molecule has 2 N–H and O–H groups in total. The van der Waals surface area contributed by atoms with E-state index < -0.39 is 0 Å². The smallest absolute Gasteiger partial charge is 0.228 e. The molecule has 5 heterocycles. The monoisotopic (exact) mass is 368 g/mol. The van der Waals surface area contributed by atoms with Gasteiger partial charge in [0.2, 0.25) is 11.8 Å². The first-order valence-electron chi connectivity index (χ1n) is 9.78. The van der Waals surface area contributed by atoms with Crippen LogP contribution in [0.5, 0.6) is 0 Å². The molecule has 3 atom stereocenters. The number of nitrogens with zero attached hydrogens (tertiary/aromatic N) is 2. The van der Waals surface area contributed by atoms with Crippen molar-refractivity contribution in [2.75, 3.05) is 19.6 Å². The number of nitrogens with one attached hydrogen (secondary N) is 2. The van der Waals surface area contributed by atoms with Gasteiger partial charge in [0, 0.05) is 43.3 Å². The number of H-pyrrole nitrogens is 1. The normalized spacial score (nSPS) is 27.1. The lowest BCUT2D eigenvalue weighted by atomic mass is 9.86. The molecular formula is C20H24N4O3. The number of hydrogen-bond donors (Lipinski definition) is 2. The van der Waals surface area contributed by atoms with E-state index in [0.717, 1.165) is 48.8 Å². The maximum atomic E-state index is 12.6. The highest BCUT2D eigenvalue weighted by atomic mass is 16.5. The SMILES string of the molecule is O=C(Cc1c[nH]c2cnccc12)NCC1CN(C(=O)[C@@H]2C[C@H]3CC[C@@H]2O3)C1. The number of aromatic amines is 1. The van der Waals surface area contributed by atoms with Gasteiger partial charge < -0.3 is 19.9 Å². The first-order chi connectivity index (χ1) is 13.2. The molecule has 0 unspecified atom stereocenters. The lowest BCUT2D eigenvalue weighted by molar-refractivity contribution is -0.143. The predicted octanol–water partition coefficient (Wildman–Crippen LogP) is 1.25. The average molecular weight is 368 g/mol. The van der Waals surface area contributed by atoms with Crippen LogP contribution in [-0.2, 0) is 20.7 Å². The van der Waals surface area contributed by atoms with E-state index >= 15 is 0 Å². The first kappa shape index (κ1) is 16.7. The summed E-state index contributed by atoms with van der Waals surface area (Å²) >= 11 is 0. The van der Waals surface area contributed by atoms with Gasteiger partial charge in [-0.05, 0) is 30.9 Å². The van der Waals surface area contributed by atoms with E-state index in [0.29, 0.717) is 25.0 Å². The first-order valence-corrected chi connectivity index (χ1v) is 9.78. The summed E-state index contributed by atoms with van der Waals surface area (Å²) in [5.41, 5.74) is 1.92. The van der Waals surface area contributed by atoms with E-state index in [4.69, 9.17) is 4.74 Å². The molecule has 3 aliphatic rings. The van der Waals surface area contributed by atoms with Gasteiger partial charge in [0.05, 0.1) is 36.3 Å². The molecule has 3 aliphatic heterocycles. The number of carbonyl (C=O) groups is 2. The summed E-state index contributed by atoms with van der Waals surface area (Å²) in [6, 6.07) is 1.92. The fourth-order valence-corrected chi connectivity index (χ4v) is 4.68. The van der Waals surface area contributed by atoms with E-state index in [-0.39, 0.29) is 23.8 Å². The lowest BCUT2D eigenvalue weighted by Gasteiger charge is -2.41. The Morgan fingerprint density at radius 1 is 1.33 bits per heavy atom. The number of likely N-dealkylation sites (tertiary alicyclic amines) is 1. The number of ether oxygens (including phenoxy) is 1. The third kappa shape index (κ3) is 3.10. The topological polar surface area (TPSA) is 87.3 Å². The number of amides is 2. The van der Waals surface area contributed by atoms with Gasteiger partial charge in [0.1, 0.15) is 0 Å². The molecule has 0 saturated carbocycles. The van der Waals surface area contributed by atoms with Gasteiger partial charge >= 0.3 is 0 Å². The quantitative estimate of drug-likeness (QED) is 0.831. The summed E-state index contributed by atoms with van der Waals surface area (Å²) in [5, 5.41) is 4.05. The van der Waals surface area contributed by atoms with Crippen molar-refractivity contribution in [2.45, 2.75) is 37.9 Å². The molecular weight excluding hydrogens is 344 g/mol. The van der Waals surface area contributed by atoms with Gasteiger partial charge in [0.15, 0.2) is 0 Å². The molecule has 0 spiro atoms. The van der Waals surface area contributed by atoms with Crippen molar-refractivity contribution in [1.29, 1.82) is 0 Å². The van der Waals surface area contributed by atoms with Gasteiger partial charge in [0.25, 0.3) is 0 Å². The number of hydrogen-bond acceptors (Lipinski definition) is 4. The van der Waals surface area contributed by atoms with Crippen molar-refractivity contribution in [3.63, 3.8) is 0 Å². The van der Waals surface area contributed by atoms with Crippen molar-refractivity contribution in [3.05, 3.63) is 30.2 Å². The number of aromatic nitrogens is 2. The Hall–Kier alpha value is -2.41. The molecule has 3 saturated heterocycles. The number of rotatable bonds is 5. The van der Waals surface area contributed by atoms with Crippen molar-refractivity contribution >= 4 is 22.7 Å². The zero-order valence-corrected chi connectivity index (χ0v) is 15.2. The predicted molar refractivity (Wildman–Crippen MR) is 98.9 cm³/mol. The molecule has 7 nitrogen and oxygen atoms in total. The summed E-state index contributed by atoms with van der Waals surface area (Å²) in [6.07, 6.45) is 9.19. The Morgan fingerprint density at radius 2 is 2.22 bits per heavy atom. The minimum atomic E-state index is 0.0130. The molecule has 0 aliphatic carbocycles. The molecule has 2 aromatic rings. The molecule has 0 aromatic carbocycles. The van der Waals surface area contributed by atoms with Crippen LogP contribution in [0.15, 0.2) is 24.7 Å². The molecule has 7 heteroatoms. The molecule has 2 amide bonds. The highest BCUT2D eigenvalue weighted by Gasteiger charge is 2.47. The van der Waals surface area contributed by atoms with Crippen LogP contribution in [0.2, 0.25) is 0 Å². The van der Waals surface area contributed by atoms with Crippen LogP contribution in [0.3, 0.4) is 0 Å². The van der Waals surface area contributed by atoms with Crippen molar-refractivity contribution in [1.82, 2.24) is 20.2 Å². The van der Waals surface area contributed by atoms with E-state index in [1.807, 2.05) is 17.2 Å². The van der Waals surface area contributed by atoms with E-state index in [1.54, 1.807) is 12.4 Å². The summed E-state index contributed by atoms with van der Waals surface area (Å²) in [4.78, 5) is 34.0. The molecule has 3 fully saturated rings. The number of fused-ring (bicyclic) bond motifs is 3. The van der Waals surface area contributed by atoms with Crippen LogP contribution in [0.25, 0.3) is 10.9 Å². The Balaban J connectivity index is 1.07. The fraction of sp³-hybridized carbons (Fsp3) is 0.550. The molecule has 27 heavy (non-hydrogen) atoms. The largest absolute Gasteiger partial charge is 0.374 e. The molecule has 2 bridgehead atoms. The maximum absolute atomic E-state index is 12.6. The summed E-state index contributed by atoms with van der Waals surface area (Å²) in [7, 11) is 0. The lowest BCUT2D eigenvalue weighted by Crippen LogP contribution is -2.56. The summed E-state index contributed by atoms with van der Waals surface area (Å²) in [6.45, 7) is 2.11. The van der Waals surface area contributed by atoms with Crippen molar-refractivity contribution in [3.8, 4) is 0 Å². The number of pyridine rings is 1. The van der Waals surface area contributed by atoms with Crippen molar-refractivity contribution < 1.29 is 14.3 Å². The van der Waals surface area contributed by atoms with Gasteiger partial charge in [-0.3, -0.25) is 14.6 Å². The highest BCUT2D eigenvalue weighted by Crippen LogP contribution is 2.40. The highest BCUT2D eigenvalue weighted by molar-refractivity contribution is 5.88. The second-order valence-electron chi connectivity index (χ2n) is 8.04. The van der Waals surface area contributed by atoms with Crippen LogP contribution in [0.4, 0.5) is 0 Å². The van der Waals surface area contributed by atoms with Gasteiger partial charge in [-0.2, -0.15) is 0 Å². The van der Waals surface area contributed by atoms with E-state index in [9.17, 15) is 9.59 Å².